The van der Waals surface area contributed by atoms with E-state index in [1.165, 1.54) is 5.56 Å². The highest BCUT2D eigenvalue weighted by Crippen LogP contribution is 2.19. The van der Waals surface area contributed by atoms with Crippen molar-refractivity contribution < 1.29 is 9.59 Å². The molecule has 160 valence electrons. The minimum Gasteiger partial charge on any atom is -0.329 e. The number of pyridine rings is 1. The summed E-state index contributed by atoms with van der Waals surface area (Å²) in [6.07, 6.45) is 3.59. The zero-order chi connectivity index (χ0) is 22.1. The van der Waals surface area contributed by atoms with Crippen LogP contribution in [-0.4, -0.2) is 16.9 Å². The van der Waals surface area contributed by atoms with Crippen LogP contribution < -0.4 is 16.0 Å². The van der Waals surface area contributed by atoms with Crippen molar-refractivity contribution in [2.75, 3.05) is 10.6 Å². The molecule has 0 saturated heterocycles. The topological polar surface area (TPSA) is 83.1 Å². The number of rotatable bonds is 8. The van der Waals surface area contributed by atoms with Gasteiger partial charge in [0.2, 0.25) is 5.91 Å². The van der Waals surface area contributed by atoms with Crippen molar-refractivity contribution in [1.29, 1.82) is 0 Å². The molecule has 1 aromatic heterocycles. The molecule has 3 amide bonds. The van der Waals surface area contributed by atoms with Crippen molar-refractivity contribution in [3.63, 3.8) is 0 Å². The van der Waals surface area contributed by atoms with Crippen LogP contribution in [0.15, 0.2) is 72.9 Å². The second-order valence-corrected chi connectivity index (χ2v) is 7.47. The lowest BCUT2D eigenvalue weighted by Crippen LogP contribution is -2.34. The number of hydrogen-bond acceptors (Lipinski definition) is 3. The van der Waals surface area contributed by atoms with E-state index in [9.17, 15) is 9.59 Å². The molecule has 0 saturated carbocycles. The van der Waals surface area contributed by atoms with Crippen molar-refractivity contribution in [2.45, 2.75) is 39.2 Å². The lowest BCUT2D eigenvalue weighted by atomic mass is 10.0. The van der Waals surface area contributed by atoms with E-state index in [0.717, 1.165) is 17.7 Å². The summed E-state index contributed by atoms with van der Waals surface area (Å²) in [6, 6.07) is 20.4. The number of benzene rings is 2. The van der Waals surface area contributed by atoms with Gasteiger partial charge in [-0.1, -0.05) is 48.9 Å². The van der Waals surface area contributed by atoms with E-state index < -0.39 is 0 Å². The van der Waals surface area contributed by atoms with Crippen molar-refractivity contribution in [3.05, 3.63) is 89.7 Å². The Morgan fingerprint density at radius 2 is 1.68 bits per heavy atom. The van der Waals surface area contributed by atoms with Crippen LogP contribution in [0.2, 0.25) is 0 Å². The highest BCUT2D eigenvalue weighted by molar-refractivity contribution is 5.93. The van der Waals surface area contributed by atoms with Crippen molar-refractivity contribution in [1.82, 2.24) is 10.3 Å². The summed E-state index contributed by atoms with van der Waals surface area (Å²) in [5, 5.41) is 8.72. The van der Waals surface area contributed by atoms with Crippen LogP contribution >= 0.6 is 0 Å². The van der Waals surface area contributed by atoms with Gasteiger partial charge in [-0.2, -0.15) is 0 Å². The Morgan fingerprint density at radius 1 is 0.935 bits per heavy atom. The van der Waals surface area contributed by atoms with Gasteiger partial charge in [-0.05, 0) is 55.7 Å². The third kappa shape index (κ3) is 6.96. The van der Waals surface area contributed by atoms with Gasteiger partial charge in [0.05, 0.1) is 11.7 Å². The molecule has 6 heteroatoms. The van der Waals surface area contributed by atoms with Gasteiger partial charge in [0.1, 0.15) is 0 Å². The molecular formula is C25H28N4O2. The molecule has 1 atom stereocenters. The smallest absolute Gasteiger partial charge is 0.319 e. The first-order valence-electron chi connectivity index (χ1n) is 10.5. The normalized spacial score (nSPS) is 11.4. The van der Waals surface area contributed by atoms with E-state index >= 15 is 0 Å². The zero-order valence-corrected chi connectivity index (χ0v) is 17.9. The van der Waals surface area contributed by atoms with Crippen molar-refractivity contribution in [3.8, 4) is 0 Å². The first-order valence-corrected chi connectivity index (χ1v) is 10.5. The van der Waals surface area contributed by atoms with Gasteiger partial charge in [-0.15, -0.1) is 0 Å². The molecular weight excluding hydrogens is 388 g/mol. The van der Waals surface area contributed by atoms with Crippen molar-refractivity contribution in [2.24, 2.45) is 0 Å². The second-order valence-electron chi connectivity index (χ2n) is 7.47. The van der Waals surface area contributed by atoms with Crippen LogP contribution in [0.1, 0.15) is 42.6 Å². The molecule has 0 radical (unpaired) electrons. The van der Waals surface area contributed by atoms with Crippen LogP contribution in [0.5, 0.6) is 0 Å². The maximum atomic E-state index is 12.7. The Kier molecular flexibility index (Phi) is 7.76. The fraction of sp³-hybridized carbons (Fsp3) is 0.240. The number of hydrogen-bond donors (Lipinski definition) is 3. The maximum Gasteiger partial charge on any atom is 0.319 e. The molecule has 0 aliphatic carbocycles. The fourth-order valence-corrected chi connectivity index (χ4v) is 3.22. The largest absolute Gasteiger partial charge is 0.329 e. The Labute approximate surface area is 183 Å². The molecule has 0 aliphatic rings. The SMILES string of the molecule is CCCC(=O)Nc1cccc(NC(=O)NC(Cc2ccc(C)cc2)c2ccccn2)c1. The minimum atomic E-state index is -0.334. The third-order valence-corrected chi connectivity index (χ3v) is 4.79. The van der Waals surface area contributed by atoms with Crippen molar-refractivity contribution >= 4 is 23.3 Å². The van der Waals surface area contributed by atoms with Gasteiger partial charge in [0.25, 0.3) is 0 Å². The number of anilines is 2. The zero-order valence-electron chi connectivity index (χ0n) is 17.9. The molecule has 0 fully saturated rings. The standard InChI is InChI=1S/C25H28N4O2/c1-3-7-24(30)27-20-8-6-9-21(17-20)28-25(31)29-23(22-10-4-5-15-26-22)16-19-13-11-18(2)12-14-19/h4-6,8-15,17,23H,3,7,16H2,1-2H3,(H,27,30)(H2,28,29,31). The van der Waals surface area contributed by atoms with E-state index in [1.54, 1.807) is 30.5 Å². The Balaban J connectivity index is 1.69. The van der Waals surface area contributed by atoms with Gasteiger partial charge in [0.15, 0.2) is 0 Å². The van der Waals surface area contributed by atoms with Crippen LogP contribution in [0.4, 0.5) is 16.2 Å². The first-order chi connectivity index (χ1) is 15.0. The van der Waals surface area contributed by atoms with Crippen LogP contribution in [0.3, 0.4) is 0 Å². The van der Waals surface area contributed by atoms with Gasteiger partial charge in [-0.3, -0.25) is 9.78 Å². The summed E-state index contributed by atoms with van der Waals surface area (Å²) in [6.45, 7) is 4.00. The second kappa shape index (κ2) is 10.9. The molecule has 1 heterocycles. The molecule has 3 aromatic rings. The van der Waals surface area contributed by atoms with Crippen LogP contribution in [0.25, 0.3) is 0 Å². The number of nitrogens with zero attached hydrogens (tertiary/aromatic N) is 1. The number of urea groups is 1. The molecule has 3 rings (SSSR count). The number of aromatic nitrogens is 1. The summed E-state index contributed by atoms with van der Waals surface area (Å²) in [5.74, 6) is -0.0441. The molecule has 3 N–H and O–H groups in total. The number of carbonyl (C=O) groups excluding carboxylic acids is 2. The van der Waals surface area contributed by atoms with E-state index in [2.05, 4.69) is 45.2 Å². The fourth-order valence-electron chi connectivity index (χ4n) is 3.22. The predicted molar refractivity (Wildman–Crippen MR) is 124 cm³/mol. The number of aryl methyl sites for hydroxylation is 1. The van der Waals surface area contributed by atoms with Gasteiger partial charge < -0.3 is 16.0 Å². The maximum absolute atomic E-state index is 12.7. The lowest BCUT2D eigenvalue weighted by molar-refractivity contribution is -0.116. The molecule has 2 aromatic carbocycles. The predicted octanol–water partition coefficient (Wildman–Crippen LogP) is 5.23. The molecule has 0 aliphatic heterocycles. The van der Waals surface area contributed by atoms with Gasteiger partial charge in [0, 0.05) is 24.0 Å². The van der Waals surface area contributed by atoms with E-state index in [1.807, 2.05) is 32.0 Å². The van der Waals surface area contributed by atoms with E-state index in [0.29, 0.717) is 24.2 Å². The van der Waals surface area contributed by atoms with Crippen LogP contribution in [0, 0.1) is 6.92 Å². The summed E-state index contributed by atoms with van der Waals surface area (Å²) in [7, 11) is 0. The average Bonchev–Trinajstić information content (AvgIpc) is 2.76. The monoisotopic (exact) mass is 416 g/mol. The third-order valence-electron chi connectivity index (χ3n) is 4.79. The lowest BCUT2D eigenvalue weighted by Gasteiger charge is -2.19. The molecule has 0 bridgehead atoms. The summed E-state index contributed by atoms with van der Waals surface area (Å²) < 4.78 is 0. The number of carbonyl (C=O) groups is 2. The van der Waals surface area contributed by atoms with E-state index in [-0.39, 0.29) is 18.0 Å². The first kappa shape index (κ1) is 22.0. The summed E-state index contributed by atoms with van der Waals surface area (Å²) in [4.78, 5) is 29.0. The molecule has 31 heavy (non-hydrogen) atoms. The van der Waals surface area contributed by atoms with E-state index in [4.69, 9.17) is 0 Å². The van der Waals surface area contributed by atoms with Gasteiger partial charge in [-0.25, -0.2) is 4.79 Å². The summed E-state index contributed by atoms with van der Waals surface area (Å²) in [5.41, 5.74) is 4.34. The Morgan fingerprint density at radius 3 is 2.35 bits per heavy atom. The van der Waals surface area contributed by atoms with Crippen LogP contribution in [-0.2, 0) is 11.2 Å². The Hall–Kier alpha value is -3.67. The Bertz CT molecular complexity index is 1000. The average molecular weight is 417 g/mol. The summed E-state index contributed by atoms with van der Waals surface area (Å²) >= 11 is 0. The molecule has 0 spiro atoms. The highest BCUT2D eigenvalue weighted by Gasteiger charge is 2.17. The highest BCUT2D eigenvalue weighted by atomic mass is 16.2. The quantitative estimate of drug-likeness (QED) is 0.470. The number of nitrogens with one attached hydrogen (secondary N) is 3. The number of amides is 3. The minimum absolute atomic E-state index is 0.0441. The van der Waals surface area contributed by atoms with Gasteiger partial charge >= 0.3 is 6.03 Å². The molecule has 1 unspecified atom stereocenters. The molecule has 6 nitrogen and oxygen atoms in total.